The zero-order valence-corrected chi connectivity index (χ0v) is 14.1. The van der Waals surface area contributed by atoms with E-state index in [1.165, 1.54) is 65.3 Å². The molecule has 0 atom stereocenters. The minimum absolute atomic E-state index is 1.32. The third-order valence-corrected chi connectivity index (χ3v) is 6.11. The Balaban J connectivity index is 1.86. The van der Waals surface area contributed by atoms with Crippen LogP contribution in [0.4, 0.5) is 0 Å². The van der Waals surface area contributed by atoms with Crippen LogP contribution in [0.3, 0.4) is 0 Å². The van der Waals surface area contributed by atoms with Crippen LogP contribution in [0.1, 0.15) is 0 Å². The number of hydrogen-bond donors (Lipinski definition) is 0. The molecule has 26 heavy (non-hydrogen) atoms. The highest BCUT2D eigenvalue weighted by Gasteiger charge is 2.24. The van der Waals surface area contributed by atoms with Crippen LogP contribution in [0, 0.1) is 0 Å². The van der Waals surface area contributed by atoms with Crippen LogP contribution in [0.5, 0.6) is 0 Å². The first-order valence-electron chi connectivity index (χ1n) is 9.13. The average Bonchev–Trinajstić information content (AvgIpc) is 3.02. The van der Waals surface area contributed by atoms with E-state index in [9.17, 15) is 0 Å². The highest BCUT2D eigenvalue weighted by atomic mass is 14.3. The summed E-state index contributed by atoms with van der Waals surface area (Å²) >= 11 is 0. The fourth-order valence-electron chi connectivity index (χ4n) is 5.06. The zero-order chi connectivity index (χ0) is 16.8. The van der Waals surface area contributed by atoms with Crippen molar-refractivity contribution in [2.45, 2.75) is 0 Å². The van der Waals surface area contributed by atoms with E-state index in [1.54, 1.807) is 0 Å². The van der Waals surface area contributed by atoms with Gasteiger partial charge in [0.1, 0.15) is 0 Å². The van der Waals surface area contributed by atoms with E-state index >= 15 is 0 Å². The maximum atomic E-state index is 2.41. The molecule has 7 rings (SSSR count). The monoisotopic (exact) mass is 326 g/mol. The van der Waals surface area contributed by atoms with Crippen molar-refractivity contribution in [3.05, 3.63) is 84.9 Å². The molecule has 0 saturated heterocycles. The van der Waals surface area contributed by atoms with Gasteiger partial charge in [0, 0.05) is 0 Å². The summed E-state index contributed by atoms with van der Waals surface area (Å²) in [4.78, 5) is 0. The summed E-state index contributed by atoms with van der Waals surface area (Å²) in [7, 11) is 0. The van der Waals surface area contributed by atoms with Gasteiger partial charge in [0.2, 0.25) is 0 Å². The van der Waals surface area contributed by atoms with Crippen molar-refractivity contribution in [3.63, 3.8) is 0 Å². The minimum Gasteiger partial charge on any atom is -0.0616 e. The highest BCUT2D eigenvalue weighted by Crippen LogP contribution is 2.52. The van der Waals surface area contributed by atoms with Crippen molar-refractivity contribution in [2.24, 2.45) is 0 Å². The molecule has 0 nitrogen and oxygen atoms in total. The number of benzene rings is 6. The van der Waals surface area contributed by atoms with Gasteiger partial charge in [-0.1, -0.05) is 72.8 Å². The van der Waals surface area contributed by atoms with Crippen molar-refractivity contribution < 1.29 is 0 Å². The van der Waals surface area contributed by atoms with Crippen LogP contribution in [0.2, 0.25) is 0 Å². The van der Waals surface area contributed by atoms with Crippen molar-refractivity contribution >= 4 is 43.1 Å². The first-order chi connectivity index (χ1) is 12.9. The summed E-state index contributed by atoms with van der Waals surface area (Å²) in [6.45, 7) is 0. The first kappa shape index (κ1) is 12.9. The fourth-order valence-corrected chi connectivity index (χ4v) is 5.06. The average molecular weight is 326 g/mol. The van der Waals surface area contributed by atoms with Crippen molar-refractivity contribution in [1.82, 2.24) is 0 Å². The Morgan fingerprint density at radius 2 is 1.12 bits per heavy atom. The van der Waals surface area contributed by atoms with E-state index in [1.807, 2.05) is 0 Å². The molecule has 6 aromatic rings. The molecule has 0 aliphatic heterocycles. The molecular weight excluding hydrogens is 312 g/mol. The fraction of sp³-hybridized carbons (Fsp3) is 0. The summed E-state index contributed by atoms with van der Waals surface area (Å²) in [5.74, 6) is 0. The standard InChI is InChI=1S/C26H14/c1-2-6-18-16(5-1)13-17-14-23-20-8-4-3-7-19(20)22-12-10-15-9-11-21(18)24(17)25(15)26(22)23/h1-14H. The van der Waals surface area contributed by atoms with Crippen LogP contribution in [-0.2, 0) is 0 Å². The molecule has 0 heteroatoms. The molecule has 1 aliphatic rings. The molecule has 0 N–H and O–H groups in total. The lowest BCUT2D eigenvalue weighted by molar-refractivity contribution is 1.70. The Morgan fingerprint density at radius 1 is 0.346 bits per heavy atom. The number of rotatable bonds is 0. The van der Waals surface area contributed by atoms with Crippen LogP contribution >= 0.6 is 0 Å². The molecule has 0 amide bonds. The maximum absolute atomic E-state index is 2.41. The van der Waals surface area contributed by atoms with Crippen LogP contribution in [-0.4, -0.2) is 0 Å². The molecule has 0 aromatic heterocycles. The van der Waals surface area contributed by atoms with Gasteiger partial charge >= 0.3 is 0 Å². The second-order valence-corrected chi connectivity index (χ2v) is 7.36. The van der Waals surface area contributed by atoms with Crippen LogP contribution < -0.4 is 0 Å². The molecule has 0 bridgehead atoms. The number of hydrogen-bond acceptors (Lipinski definition) is 0. The third-order valence-electron chi connectivity index (χ3n) is 6.11. The molecule has 0 unspecified atom stereocenters. The van der Waals surface area contributed by atoms with E-state index in [4.69, 9.17) is 0 Å². The Hall–Kier alpha value is -3.38. The summed E-state index contributed by atoms with van der Waals surface area (Å²) < 4.78 is 0. The van der Waals surface area contributed by atoms with E-state index in [0.717, 1.165) is 0 Å². The summed E-state index contributed by atoms with van der Waals surface area (Å²) in [5.41, 5.74) is 5.50. The van der Waals surface area contributed by atoms with Crippen molar-refractivity contribution in [3.8, 4) is 22.3 Å². The molecular formula is C26H14. The molecule has 0 radical (unpaired) electrons. The van der Waals surface area contributed by atoms with E-state index in [0.29, 0.717) is 0 Å². The van der Waals surface area contributed by atoms with Gasteiger partial charge in [-0.25, -0.2) is 0 Å². The SMILES string of the molecule is c1ccc2c(c1)-c1ccc3ccc4c5ccccc5cc5cc-2c1c3c54. The predicted octanol–water partition coefficient (Wildman–Crippen LogP) is 7.38. The summed E-state index contributed by atoms with van der Waals surface area (Å²) in [6, 6.07) is 31.5. The Morgan fingerprint density at radius 3 is 2.04 bits per heavy atom. The second kappa shape index (κ2) is 4.23. The van der Waals surface area contributed by atoms with Gasteiger partial charge in [0.25, 0.3) is 0 Å². The van der Waals surface area contributed by atoms with E-state index < -0.39 is 0 Å². The van der Waals surface area contributed by atoms with Crippen LogP contribution in [0.15, 0.2) is 84.9 Å². The summed E-state index contributed by atoms with van der Waals surface area (Å²) in [5, 5.41) is 11.0. The molecule has 6 aromatic carbocycles. The lowest BCUT2D eigenvalue weighted by Crippen LogP contribution is -1.87. The Kier molecular flexibility index (Phi) is 2.10. The van der Waals surface area contributed by atoms with E-state index in [2.05, 4.69) is 84.9 Å². The van der Waals surface area contributed by atoms with Gasteiger partial charge in [0.15, 0.2) is 0 Å². The maximum Gasteiger partial charge on any atom is -0.00137 e. The normalized spacial score (nSPS) is 12.6. The third kappa shape index (κ3) is 1.35. The Bertz CT molecular complexity index is 1520. The number of fused-ring (bicyclic) bond motifs is 5. The molecule has 118 valence electrons. The van der Waals surface area contributed by atoms with Crippen LogP contribution in [0.25, 0.3) is 65.3 Å². The van der Waals surface area contributed by atoms with Gasteiger partial charge < -0.3 is 0 Å². The lowest BCUT2D eigenvalue weighted by Gasteiger charge is -2.15. The predicted molar refractivity (Wildman–Crippen MR) is 112 cm³/mol. The topological polar surface area (TPSA) is 0 Å². The highest BCUT2D eigenvalue weighted by molar-refractivity contribution is 6.35. The molecule has 0 heterocycles. The first-order valence-corrected chi connectivity index (χ1v) is 9.13. The molecule has 1 aliphatic carbocycles. The van der Waals surface area contributed by atoms with Gasteiger partial charge in [0.05, 0.1) is 0 Å². The zero-order valence-electron chi connectivity index (χ0n) is 14.1. The minimum atomic E-state index is 1.32. The second-order valence-electron chi connectivity index (χ2n) is 7.36. The largest absolute Gasteiger partial charge is 0.0616 e. The van der Waals surface area contributed by atoms with Crippen molar-refractivity contribution in [2.75, 3.05) is 0 Å². The molecule has 0 fully saturated rings. The molecule has 0 spiro atoms. The van der Waals surface area contributed by atoms with Crippen molar-refractivity contribution in [1.29, 1.82) is 0 Å². The van der Waals surface area contributed by atoms with Gasteiger partial charge in [-0.05, 0) is 77.5 Å². The quantitative estimate of drug-likeness (QED) is 0.201. The summed E-state index contributed by atoms with van der Waals surface area (Å²) in [6.07, 6.45) is 0. The van der Waals surface area contributed by atoms with Gasteiger partial charge in [-0.15, -0.1) is 0 Å². The Labute approximate surface area is 150 Å². The lowest BCUT2D eigenvalue weighted by atomic mass is 9.88. The molecule has 0 saturated carbocycles. The smallest absolute Gasteiger partial charge is 0.00137 e. The van der Waals surface area contributed by atoms with Gasteiger partial charge in [-0.2, -0.15) is 0 Å². The van der Waals surface area contributed by atoms with E-state index in [-0.39, 0.29) is 0 Å². The van der Waals surface area contributed by atoms with Gasteiger partial charge in [-0.3, -0.25) is 0 Å².